The second-order valence-corrected chi connectivity index (χ2v) is 5.39. The lowest BCUT2D eigenvalue weighted by Gasteiger charge is -2.37. The first-order valence-electron chi connectivity index (χ1n) is 6.76. The Morgan fingerprint density at radius 1 is 1.45 bits per heavy atom. The second kappa shape index (κ2) is 5.48. The monoisotopic (exact) mass is 277 g/mol. The number of hydrogen-bond donors (Lipinski definition) is 1. The summed E-state index contributed by atoms with van der Waals surface area (Å²) >= 11 is 0. The van der Waals surface area contributed by atoms with Crippen molar-refractivity contribution >= 4 is 17.3 Å². The molecule has 0 saturated carbocycles. The minimum atomic E-state index is -0.537. The number of hydrogen-bond acceptors (Lipinski definition) is 4. The van der Waals surface area contributed by atoms with Crippen LogP contribution in [0.5, 0.6) is 0 Å². The first kappa shape index (κ1) is 14.3. The Morgan fingerprint density at radius 3 is 2.80 bits per heavy atom. The molecule has 1 aromatic rings. The van der Waals surface area contributed by atoms with Crippen LogP contribution in [0, 0.1) is 16.0 Å². The molecule has 108 valence electrons. The third kappa shape index (κ3) is 2.59. The summed E-state index contributed by atoms with van der Waals surface area (Å²) in [6.45, 7) is 4.72. The fourth-order valence-corrected chi connectivity index (χ4v) is 2.66. The summed E-state index contributed by atoms with van der Waals surface area (Å²) in [6, 6.07) is 4.21. The number of nitrogens with two attached hydrogens (primary N) is 1. The van der Waals surface area contributed by atoms with Crippen molar-refractivity contribution in [3.8, 4) is 0 Å². The standard InChI is InChI=1S/C14H19N3O3/c1-9-4-3-7-16(10(9)2)14(18)12-8-11(15)5-6-13(12)17(19)20/h5-6,8-10H,3-4,7,15H2,1-2H3. The van der Waals surface area contributed by atoms with E-state index in [0.717, 1.165) is 12.8 Å². The van der Waals surface area contributed by atoms with Gasteiger partial charge in [0, 0.05) is 24.3 Å². The topological polar surface area (TPSA) is 89.5 Å². The van der Waals surface area contributed by atoms with Gasteiger partial charge in [0.05, 0.1) is 4.92 Å². The van der Waals surface area contributed by atoms with Gasteiger partial charge in [-0.1, -0.05) is 6.92 Å². The Hall–Kier alpha value is -2.11. The van der Waals surface area contributed by atoms with Crippen LogP contribution in [0.4, 0.5) is 11.4 Å². The van der Waals surface area contributed by atoms with Gasteiger partial charge in [-0.15, -0.1) is 0 Å². The van der Waals surface area contributed by atoms with Crippen molar-refractivity contribution in [1.82, 2.24) is 4.90 Å². The van der Waals surface area contributed by atoms with Gasteiger partial charge in [-0.2, -0.15) is 0 Å². The number of piperidine rings is 1. The lowest BCUT2D eigenvalue weighted by Crippen LogP contribution is -2.46. The highest BCUT2D eigenvalue weighted by Crippen LogP contribution is 2.28. The number of rotatable bonds is 2. The zero-order valence-electron chi connectivity index (χ0n) is 11.7. The van der Waals surface area contributed by atoms with Crippen LogP contribution < -0.4 is 5.73 Å². The van der Waals surface area contributed by atoms with E-state index in [0.29, 0.717) is 18.2 Å². The summed E-state index contributed by atoms with van der Waals surface area (Å²) in [4.78, 5) is 24.8. The number of nitro groups is 1. The summed E-state index contributed by atoms with van der Waals surface area (Å²) in [5.74, 6) is 0.0934. The zero-order valence-corrected chi connectivity index (χ0v) is 11.7. The fourth-order valence-electron chi connectivity index (χ4n) is 2.66. The van der Waals surface area contributed by atoms with Gasteiger partial charge in [-0.25, -0.2) is 0 Å². The van der Waals surface area contributed by atoms with Crippen LogP contribution in [0.25, 0.3) is 0 Å². The van der Waals surface area contributed by atoms with Gasteiger partial charge in [0.1, 0.15) is 5.56 Å². The number of nitrogen functional groups attached to an aromatic ring is 1. The first-order chi connectivity index (χ1) is 9.41. The molecule has 0 radical (unpaired) electrons. The molecule has 1 saturated heterocycles. The highest BCUT2D eigenvalue weighted by atomic mass is 16.6. The van der Waals surface area contributed by atoms with Crippen LogP contribution in [0.2, 0.25) is 0 Å². The van der Waals surface area contributed by atoms with Crippen molar-refractivity contribution in [2.24, 2.45) is 5.92 Å². The largest absolute Gasteiger partial charge is 0.399 e. The average Bonchev–Trinajstić information content (AvgIpc) is 2.40. The van der Waals surface area contributed by atoms with Crippen molar-refractivity contribution in [1.29, 1.82) is 0 Å². The Bertz CT molecular complexity index is 544. The van der Waals surface area contributed by atoms with Crippen LogP contribution >= 0.6 is 0 Å². The molecule has 6 nitrogen and oxygen atoms in total. The Labute approximate surface area is 117 Å². The SMILES string of the molecule is CC1CCCN(C(=O)c2cc(N)ccc2[N+](=O)[O-])C1C. The van der Waals surface area contributed by atoms with E-state index in [1.165, 1.54) is 18.2 Å². The molecule has 2 unspecified atom stereocenters. The lowest BCUT2D eigenvalue weighted by atomic mass is 9.91. The maximum absolute atomic E-state index is 12.6. The number of nitro benzene ring substituents is 1. The van der Waals surface area contributed by atoms with Gasteiger partial charge in [0.15, 0.2) is 0 Å². The molecular formula is C14H19N3O3. The molecule has 6 heteroatoms. The fraction of sp³-hybridized carbons (Fsp3) is 0.500. The van der Waals surface area contributed by atoms with Crippen molar-refractivity contribution in [2.45, 2.75) is 32.7 Å². The number of carbonyl (C=O) groups is 1. The van der Waals surface area contributed by atoms with Crippen LogP contribution in [0.15, 0.2) is 18.2 Å². The van der Waals surface area contributed by atoms with E-state index < -0.39 is 4.92 Å². The van der Waals surface area contributed by atoms with E-state index in [4.69, 9.17) is 5.73 Å². The number of amides is 1. The normalized spacial score (nSPS) is 22.6. The second-order valence-electron chi connectivity index (χ2n) is 5.39. The van der Waals surface area contributed by atoms with E-state index in [2.05, 4.69) is 6.92 Å². The zero-order chi connectivity index (χ0) is 14.9. The molecular weight excluding hydrogens is 258 g/mol. The van der Waals surface area contributed by atoms with E-state index >= 15 is 0 Å². The number of carbonyl (C=O) groups excluding carboxylic acids is 1. The molecule has 0 aliphatic carbocycles. The molecule has 1 heterocycles. The van der Waals surface area contributed by atoms with Gasteiger partial charge in [-0.3, -0.25) is 14.9 Å². The van der Waals surface area contributed by atoms with Gasteiger partial charge >= 0.3 is 0 Å². The summed E-state index contributed by atoms with van der Waals surface area (Å²) < 4.78 is 0. The third-order valence-electron chi connectivity index (χ3n) is 4.08. The molecule has 1 fully saturated rings. The number of benzene rings is 1. The molecule has 1 aromatic carbocycles. The van der Waals surface area contributed by atoms with E-state index in [9.17, 15) is 14.9 Å². The predicted molar refractivity (Wildman–Crippen MR) is 76.4 cm³/mol. The molecule has 2 atom stereocenters. The van der Waals surface area contributed by atoms with Gasteiger partial charge in [0.2, 0.25) is 0 Å². The Morgan fingerprint density at radius 2 is 2.15 bits per heavy atom. The maximum atomic E-state index is 12.6. The van der Waals surface area contributed by atoms with Crippen molar-refractivity contribution in [2.75, 3.05) is 12.3 Å². The molecule has 0 spiro atoms. The number of anilines is 1. The quantitative estimate of drug-likeness (QED) is 0.510. The lowest BCUT2D eigenvalue weighted by molar-refractivity contribution is -0.385. The summed E-state index contributed by atoms with van der Waals surface area (Å²) in [5.41, 5.74) is 5.92. The molecule has 1 amide bonds. The molecule has 1 aliphatic heterocycles. The molecule has 2 rings (SSSR count). The first-order valence-corrected chi connectivity index (χ1v) is 6.76. The minimum Gasteiger partial charge on any atom is -0.399 e. The van der Waals surface area contributed by atoms with Crippen molar-refractivity contribution in [3.63, 3.8) is 0 Å². The number of likely N-dealkylation sites (tertiary alicyclic amines) is 1. The van der Waals surface area contributed by atoms with Crippen LogP contribution in [-0.4, -0.2) is 28.3 Å². The summed E-state index contributed by atoms with van der Waals surface area (Å²) in [6.07, 6.45) is 2.00. The van der Waals surface area contributed by atoms with E-state index in [-0.39, 0.29) is 23.2 Å². The Kier molecular flexibility index (Phi) is 3.92. The van der Waals surface area contributed by atoms with Crippen LogP contribution in [0.3, 0.4) is 0 Å². The third-order valence-corrected chi connectivity index (χ3v) is 4.08. The van der Waals surface area contributed by atoms with Crippen LogP contribution in [-0.2, 0) is 0 Å². The molecule has 2 N–H and O–H groups in total. The highest BCUT2D eigenvalue weighted by Gasteiger charge is 2.32. The van der Waals surface area contributed by atoms with Gasteiger partial charge in [-0.05, 0) is 37.8 Å². The van der Waals surface area contributed by atoms with E-state index in [1.54, 1.807) is 4.90 Å². The average molecular weight is 277 g/mol. The van der Waals surface area contributed by atoms with Gasteiger partial charge < -0.3 is 10.6 Å². The van der Waals surface area contributed by atoms with E-state index in [1.807, 2.05) is 6.92 Å². The van der Waals surface area contributed by atoms with Crippen molar-refractivity contribution < 1.29 is 9.72 Å². The molecule has 0 aromatic heterocycles. The smallest absolute Gasteiger partial charge is 0.282 e. The van der Waals surface area contributed by atoms with Crippen molar-refractivity contribution in [3.05, 3.63) is 33.9 Å². The van der Waals surface area contributed by atoms with Gasteiger partial charge in [0.25, 0.3) is 11.6 Å². The predicted octanol–water partition coefficient (Wildman–Crippen LogP) is 2.44. The summed E-state index contributed by atoms with van der Waals surface area (Å²) in [7, 11) is 0. The maximum Gasteiger partial charge on any atom is 0.282 e. The Balaban J connectivity index is 2.37. The minimum absolute atomic E-state index is 0.0796. The highest BCUT2D eigenvalue weighted by molar-refractivity contribution is 5.99. The molecule has 0 bridgehead atoms. The molecule has 1 aliphatic rings. The summed E-state index contributed by atoms with van der Waals surface area (Å²) in [5, 5.41) is 11.1. The molecule has 20 heavy (non-hydrogen) atoms. The number of nitrogens with zero attached hydrogens (tertiary/aromatic N) is 2. The van der Waals surface area contributed by atoms with Crippen LogP contribution in [0.1, 0.15) is 37.0 Å².